The Morgan fingerprint density at radius 2 is 1.50 bits per heavy atom. The highest BCUT2D eigenvalue weighted by atomic mass is 32.2. The third kappa shape index (κ3) is 6.28. The van der Waals surface area contributed by atoms with Gasteiger partial charge in [0.15, 0.2) is 0 Å². The maximum Gasteiger partial charge on any atom is 0.323 e. The molecule has 0 spiro atoms. The van der Waals surface area contributed by atoms with E-state index in [0.29, 0.717) is 43.2 Å². The number of carbonyl (C=O) groups is 2. The molecule has 1 aliphatic heterocycles. The number of para-hydroxylation sites is 1. The molecule has 2 aromatic rings. The first-order valence-corrected chi connectivity index (χ1v) is 11.1. The van der Waals surface area contributed by atoms with Crippen LogP contribution in [0.15, 0.2) is 54.6 Å². The van der Waals surface area contributed by atoms with Crippen LogP contribution in [-0.2, 0) is 14.8 Å². The molecule has 1 heterocycles. The van der Waals surface area contributed by atoms with Crippen LogP contribution in [0.2, 0.25) is 0 Å². The van der Waals surface area contributed by atoms with E-state index in [0.717, 1.165) is 0 Å². The highest BCUT2D eigenvalue weighted by Crippen LogP contribution is 2.11. The largest absolute Gasteiger partial charge is 0.379 e. The molecule has 0 aromatic heterocycles. The van der Waals surface area contributed by atoms with E-state index in [-0.39, 0.29) is 18.2 Å². The van der Waals surface area contributed by atoms with Gasteiger partial charge in [0.2, 0.25) is 10.0 Å². The first kappa shape index (κ1) is 21.8. The van der Waals surface area contributed by atoms with Crippen LogP contribution in [0.3, 0.4) is 0 Å². The van der Waals surface area contributed by atoms with E-state index in [1.165, 1.54) is 4.31 Å². The summed E-state index contributed by atoms with van der Waals surface area (Å²) in [7, 11) is -3.42. The van der Waals surface area contributed by atoms with Gasteiger partial charge in [0.05, 0.1) is 19.0 Å². The van der Waals surface area contributed by atoms with Crippen molar-refractivity contribution in [1.82, 2.24) is 9.62 Å². The van der Waals surface area contributed by atoms with Gasteiger partial charge in [0, 0.05) is 36.6 Å². The van der Waals surface area contributed by atoms with Crippen LogP contribution < -0.4 is 16.0 Å². The molecular weight excluding hydrogens is 408 g/mol. The molecule has 0 radical (unpaired) electrons. The molecule has 30 heavy (non-hydrogen) atoms. The first-order chi connectivity index (χ1) is 14.4. The molecule has 1 fully saturated rings. The van der Waals surface area contributed by atoms with Crippen LogP contribution in [0, 0.1) is 0 Å². The Morgan fingerprint density at radius 1 is 0.900 bits per heavy atom. The van der Waals surface area contributed by atoms with Gasteiger partial charge in [-0.15, -0.1) is 0 Å². The second-order valence-corrected chi connectivity index (χ2v) is 8.69. The molecule has 160 valence electrons. The van der Waals surface area contributed by atoms with E-state index in [1.54, 1.807) is 36.4 Å². The smallest absolute Gasteiger partial charge is 0.323 e. The van der Waals surface area contributed by atoms with Gasteiger partial charge in [0.25, 0.3) is 5.91 Å². The lowest BCUT2D eigenvalue weighted by molar-refractivity contribution is 0.0730. The number of amides is 3. The Labute approximate surface area is 175 Å². The molecule has 10 heteroatoms. The lowest BCUT2D eigenvalue weighted by atomic mass is 10.2. The Morgan fingerprint density at radius 3 is 2.13 bits per heavy atom. The standard InChI is InChI=1S/C20H24N4O5S/c25-19(21-10-15-30(27,28)24-11-13-29-14-12-24)16-6-8-18(9-7-16)23-20(26)22-17-4-2-1-3-5-17/h1-9H,10-15H2,(H,21,25)(H2,22,23,26). The van der Waals surface area contributed by atoms with E-state index in [2.05, 4.69) is 16.0 Å². The molecule has 2 aromatic carbocycles. The summed E-state index contributed by atoms with van der Waals surface area (Å²) < 4.78 is 31.0. The third-order valence-electron chi connectivity index (χ3n) is 4.45. The van der Waals surface area contributed by atoms with Gasteiger partial charge in [-0.2, -0.15) is 4.31 Å². The minimum Gasteiger partial charge on any atom is -0.379 e. The van der Waals surface area contributed by atoms with Crippen molar-refractivity contribution in [1.29, 1.82) is 0 Å². The Kier molecular flexibility index (Phi) is 7.39. The van der Waals surface area contributed by atoms with Gasteiger partial charge in [-0.25, -0.2) is 13.2 Å². The molecule has 0 bridgehead atoms. The normalized spacial score (nSPS) is 14.7. The number of nitrogens with zero attached hydrogens (tertiary/aromatic N) is 1. The molecule has 0 unspecified atom stereocenters. The van der Waals surface area contributed by atoms with E-state index in [9.17, 15) is 18.0 Å². The number of morpholine rings is 1. The van der Waals surface area contributed by atoms with Gasteiger partial charge in [-0.1, -0.05) is 18.2 Å². The summed E-state index contributed by atoms with van der Waals surface area (Å²) >= 11 is 0. The maximum atomic E-state index is 12.3. The van der Waals surface area contributed by atoms with Crippen molar-refractivity contribution in [2.24, 2.45) is 0 Å². The molecule has 0 atom stereocenters. The molecule has 1 saturated heterocycles. The summed E-state index contributed by atoms with van der Waals surface area (Å²) in [6, 6.07) is 14.9. The summed E-state index contributed by atoms with van der Waals surface area (Å²) in [5.74, 6) is -0.551. The third-order valence-corrected chi connectivity index (χ3v) is 6.32. The Bertz CT molecular complexity index is 958. The summed E-state index contributed by atoms with van der Waals surface area (Å²) in [5, 5.41) is 7.99. The summed E-state index contributed by atoms with van der Waals surface area (Å²) in [5.41, 5.74) is 1.56. The van der Waals surface area contributed by atoms with Crippen LogP contribution in [0.1, 0.15) is 10.4 Å². The van der Waals surface area contributed by atoms with Crippen molar-refractivity contribution in [2.75, 3.05) is 49.2 Å². The van der Waals surface area contributed by atoms with Crippen molar-refractivity contribution in [3.05, 3.63) is 60.2 Å². The number of hydrogen-bond acceptors (Lipinski definition) is 5. The minimum atomic E-state index is -3.42. The SMILES string of the molecule is O=C(Nc1ccccc1)Nc1ccc(C(=O)NCCS(=O)(=O)N2CCOCC2)cc1. The number of urea groups is 1. The van der Waals surface area contributed by atoms with Gasteiger partial charge >= 0.3 is 6.03 Å². The monoisotopic (exact) mass is 432 g/mol. The molecule has 3 N–H and O–H groups in total. The molecule has 0 saturated carbocycles. The average molecular weight is 433 g/mol. The maximum absolute atomic E-state index is 12.3. The number of rotatable bonds is 7. The highest BCUT2D eigenvalue weighted by Gasteiger charge is 2.24. The molecule has 9 nitrogen and oxygen atoms in total. The number of nitrogens with one attached hydrogen (secondary N) is 3. The van der Waals surface area contributed by atoms with E-state index in [4.69, 9.17) is 4.74 Å². The van der Waals surface area contributed by atoms with Crippen LogP contribution in [-0.4, -0.2) is 63.3 Å². The van der Waals surface area contributed by atoms with E-state index in [1.807, 2.05) is 18.2 Å². The molecule has 0 aliphatic carbocycles. The lowest BCUT2D eigenvalue weighted by Crippen LogP contribution is -2.43. The van der Waals surface area contributed by atoms with Crippen LogP contribution >= 0.6 is 0 Å². The fourth-order valence-corrected chi connectivity index (χ4v) is 4.19. The van der Waals surface area contributed by atoms with Crippen molar-refractivity contribution in [3.8, 4) is 0 Å². The number of carbonyl (C=O) groups excluding carboxylic acids is 2. The van der Waals surface area contributed by atoms with Crippen LogP contribution in [0.4, 0.5) is 16.2 Å². The van der Waals surface area contributed by atoms with E-state index < -0.39 is 16.1 Å². The first-order valence-electron chi connectivity index (χ1n) is 9.51. The van der Waals surface area contributed by atoms with Gasteiger partial charge in [-0.05, 0) is 36.4 Å². The fourth-order valence-electron chi connectivity index (χ4n) is 2.87. The summed E-state index contributed by atoms with van der Waals surface area (Å²) in [6.45, 7) is 1.45. The van der Waals surface area contributed by atoms with Crippen LogP contribution in [0.5, 0.6) is 0 Å². The zero-order valence-electron chi connectivity index (χ0n) is 16.3. The zero-order valence-corrected chi connectivity index (χ0v) is 17.2. The molecule has 3 amide bonds. The number of sulfonamides is 1. The summed E-state index contributed by atoms with van der Waals surface area (Å²) in [6.07, 6.45) is 0. The quantitative estimate of drug-likeness (QED) is 0.616. The zero-order chi connectivity index (χ0) is 21.4. The Hall–Kier alpha value is -2.95. The van der Waals surface area contributed by atoms with Crippen LogP contribution in [0.25, 0.3) is 0 Å². The second kappa shape index (κ2) is 10.2. The lowest BCUT2D eigenvalue weighted by Gasteiger charge is -2.26. The number of ether oxygens (including phenoxy) is 1. The van der Waals surface area contributed by atoms with Gasteiger partial charge in [-0.3, -0.25) is 4.79 Å². The second-order valence-electron chi connectivity index (χ2n) is 6.61. The van der Waals surface area contributed by atoms with Crippen molar-refractivity contribution < 1.29 is 22.7 Å². The number of benzene rings is 2. The van der Waals surface area contributed by atoms with Gasteiger partial charge < -0.3 is 20.7 Å². The number of hydrogen-bond donors (Lipinski definition) is 3. The molecule has 1 aliphatic rings. The minimum absolute atomic E-state index is 0.0119. The number of anilines is 2. The highest BCUT2D eigenvalue weighted by molar-refractivity contribution is 7.89. The average Bonchev–Trinajstić information content (AvgIpc) is 2.75. The Balaban J connectivity index is 1.46. The molecular formula is C20H24N4O5S. The van der Waals surface area contributed by atoms with Crippen molar-refractivity contribution >= 4 is 33.3 Å². The van der Waals surface area contributed by atoms with Crippen molar-refractivity contribution in [3.63, 3.8) is 0 Å². The summed E-state index contributed by atoms with van der Waals surface area (Å²) in [4.78, 5) is 24.2. The predicted molar refractivity (Wildman–Crippen MR) is 114 cm³/mol. The van der Waals surface area contributed by atoms with Gasteiger partial charge in [0.1, 0.15) is 0 Å². The predicted octanol–water partition coefficient (Wildman–Crippen LogP) is 1.72. The topological polar surface area (TPSA) is 117 Å². The van der Waals surface area contributed by atoms with Crippen molar-refractivity contribution in [2.45, 2.75) is 0 Å². The fraction of sp³-hybridized carbons (Fsp3) is 0.300. The molecule has 3 rings (SSSR count). The van der Waals surface area contributed by atoms with E-state index >= 15 is 0 Å².